The Kier molecular flexibility index (Phi) is 6.88. The molecule has 3 heterocycles. The minimum atomic E-state index is 0.0239. The van der Waals surface area contributed by atoms with Crippen LogP contribution >= 0.6 is 11.3 Å². The fraction of sp³-hybridized carbons (Fsp3) is 0.500. The summed E-state index contributed by atoms with van der Waals surface area (Å²) in [5.41, 5.74) is 2.80. The van der Waals surface area contributed by atoms with Crippen LogP contribution in [0.25, 0.3) is 10.9 Å². The average molecular weight is 465 g/mol. The summed E-state index contributed by atoms with van der Waals surface area (Å²) in [4.78, 5) is 25.9. The quantitative estimate of drug-likeness (QED) is 0.543. The zero-order valence-electron chi connectivity index (χ0n) is 19.3. The van der Waals surface area contributed by atoms with Gasteiger partial charge in [-0.2, -0.15) is 0 Å². The highest BCUT2D eigenvalue weighted by molar-refractivity contribution is 7.13. The Hall–Kier alpha value is -2.51. The second-order valence-corrected chi connectivity index (χ2v) is 10.2. The molecule has 1 aromatic carbocycles. The van der Waals surface area contributed by atoms with Crippen LogP contribution in [0.3, 0.4) is 0 Å². The minimum Gasteiger partial charge on any atom is -0.470 e. The van der Waals surface area contributed by atoms with E-state index in [4.69, 9.17) is 4.74 Å². The average Bonchev–Trinajstić information content (AvgIpc) is 3.25. The smallest absolute Gasteiger partial charge is 0.273 e. The summed E-state index contributed by atoms with van der Waals surface area (Å²) in [6.45, 7) is 5.88. The molecule has 3 aromatic rings. The number of nitrogens with one attached hydrogen (secondary N) is 1. The molecule has 0 bridgehead atoms. The van der Waals surface area contributed by atoms with Crippen molar-refractivity contribution >= 4 is 28.1 Å². The monoisotopic (exact) mass is 464 g/mol. The van der Waals surface area contributed by atoms with Crippen molar-refractivity contribution in [3.8, 4) is 5.19 Å². The molecule has 33 heavy (non-hydrogen) atoms. The van der Waals surface area contributed by atoms with E-state index in [0.717, 1.165) is 66.5 Å². The van der Waals surface area contributed by atoms with Crippen LogP contribution in [-0.2, 0) is 13.0 Å². The van der Waals surface area contributed by atoms with Crippen molar-refractivity contribution in [3.63, 3.8) is 0 Å². The van der Waals surface area contributed by atoms with E-state index < -0.39 is 0 Å². The number of rotatable bonds is 7. The van der Waals surface area contributed by atoms with Gasteiger partial charge in [0.05, 0.1) is 17.8 Å². The molecule has 0 saturated heterocycles. The zero-order chi connectivity index (χ0) is 22.6. The predicted molar refractivity (Wildman–Crippen MR) is 132 cm³/mol. The number of amides is 1. The fourth-order valence-electron chi connectivity index (χ4n) is 5.13. The Morgan fingerprint density at radius 2 is 2.09 bits per heavy atom. The maximum absolute atomic E-state index is 12.9. The molecule has 1 aliphatic carbocycles. The molecule has 174 valence electrons. The van der Waals surface area contributed by atoms with E-state index >= 15 is 0 Å². The standard InChI is InChI=1S/C26H32N4O2S/c1-2-32-26-29-23-17-30(16-13-24(23)33-26)15-12-18-8-10-19(11-9-18)28-25(31)21-5-3-7-22-20(21)6-4-14-27-22/h3-7,14,18-19H,2,8-13,15-17H2,1H3,(H,28,31). The van der Waals surface area contributed by atoms with Crippen LogP contribution in [0.5, 0.6) is 5.19 Å². The largest absolute Gasteiger partial charge is 0.470 e. The highest BCUT2D eigenvalue weighted by atomic mass is 32.1. The number of hydrogen-bond donors (Lipinski definition) is 1. The summed E-state index contributed by atoms with van der Waals surface area (Å²) in [5, 5.41) is 5.03. The molecule has 1 fully saturated rings. The van der Waals surface area contributed by atoms with Gasteiger partial charge in [-0.1, -0.05) is 23.5 Å². The lowest BCUT2D eigenvalue weighted by molar-refractivity contribution is 0.0921. The van der Waals surface area contributed by atoms with Gasteiger partial charge in [0.15, 0.2) is 0 Å². The molecule has 0 spiro atoms. The molecule has 7 heteroatoms. The van der Waals surface area contributed by atoms with Crippen LogP contribution in [0.2, 0.25) is 0 Å². The Bertz CT molecular complexity index is 1100. The number of aromatic nitrogens is 2. The maximum atomic E-state index is 12.9. The molecule has 1 saturated carbocycles. The first-order chi connectivity index (χ1) is 16.2. The summed E-state index contributed by atoms with van der Waals surface area (Å²) in [5.74, 6) is 0.770. The van der Waals surface area contributed by atoms with Crippen molar-refractivity contribution in [3.05, 3.63) is 52.7 Å². The molecular formula is C26H32N4O2S. The summed E-state index contributed by atoms with van der Waals surface area (Å²) in [6, 6.07) is 9.89. The van der Waals surface area contributed by atoms with E-state index in [9.17, 15) is 4.79 Å². The summed E-state index contributed by atoms with van der Waals surface area (Å²) < 4.78 is 5.59. The van der Waals surface area contributed by atoms with E-state index in [1.165, 1.54) is 29.8 Å². The number of carbonyl (C=O) groups excluding carboxylic acids is 1. The second kappa shape index (κ2) is 10.2. The number of nitrogens with zero attached hydrogens (tertiary/aromatic N) is 3. The lowest BCUT2D eigenvalue weighted by Gasteiger charge is -2.32. The molecule has 2 aliphatic rings. The van der Waals surface area contributed by atoms with Gasteiger partial charge in [-0.3, -0.25) is 14.7 Å². The SMILES string of the molecule is CCOc1nc2c(s1)CCN(CCC1CCC(NC(=O)c3cccc4ncccc34)CC1)C2. The van der Waals surface area contributed by atoms with Crippen LogP contribution < -0.4 is 10.1 Å². The molecule has 1 amide bonds. The zero-order valence-corrected chi connectivity index (χ0v) is 20.1. The Morgan fingerprint density at radius 3 is 2.94 bits per heavy atom. The van der Waals surface area contributed by atoms with Crippen LogP contribution in [0, 0.1) is 5.92 Å². The Labute approximate surface area is 199 Å². The molecule has 0 atom stereocenters. The number of fused-ring (bicyclic) bond motifs is 2. The summed E-state index contributed by atoms with van der Waals surface area (Å²) >= 11 is 1.71. The van der Waals surface area contributed by atoms with Crippen LogP contribution in [0.15, 0.2) is 36.5 Å². The molecule has 1 N–H and O–H groups in total. The van der Waals surface area contributed by atoms with Gasteiger partial charge in [-0.25, -0.2) is 4.98 Å². The third-order valence-electron chi connectivity index (χ3n) is 6.98. The van der Waals surface area contributed by atoms with Crippen molar-refractivity contribution in [1.29, 1.82) is 0 Å². The first-order valence-corrected chi connectivity index (χ1v) is 13.0. The number of ether oxygens (including phenoxy) is 1. The maximum Gasteiger partial charge on any atom is 0.273 e. The van der Waals surface area contributed by atoms with Crippen molar-refractivity contribution in [2.45, 2.75) is 58.0 Å². The van der Waals surface area contributed by atoms with Crippen LogP contribution in [0.4, 0.5) is 0 Å². The normalized spacial score (nSPS) is 21.0. The van der Waals surface area contributed by atoms with Gasteiger partial charge < -0.3 is 10.1 Å². The first-order valence-electron chi connectivity index (χ1n) is 12.2. The van der Waals surface area contributed by atoms with E-state index in [0.29, 0.717) is 6.61 Å². The van der Waals surface area contributed by atoms with Crippen molar-refractivity contribution in [2.75, 3.05) is 19.7 Å². The molecule has 5 rings (SSSR count). The van der Waals surface area contributed by atoms with Gasteiger partial charge in [-0.05, 0) is 76.1 Å². The van der Waals surface area contributed by atoms with Gasteiger partial charge in [0.1, 0.15) is 0 Å². The van der Waals surface area contributed by atoms with Crippen molar-refractivity contribution < 1.29 is 9.53 Å². The van der Waals surface area contributed by atoms with Crippen molar-refractivity contribution in [2.24, 2.45) is 5.92 Å². The van der Waals surface area contributed by atoms with Crippen molar-refractivity contribution in [1.82, 2.24) is 20.2 Å². The highest BCUT2D eigenvalue weighted by Crippen LogP contribution is 2.31. The molecular weight excluding hydrogens is 432 g/mol. The summed E-state index contributed by atoms with van der Waals surface area (Å²) in [7, 11) is 0. The van der Waals surface area contributed by atoms with Gasteiger partial charge in [0.25, 0.3) is 11.1 Å². The topological polar surface area (TPSA) is 67.3 Å². The van der Waals surface area contributed by atoms with E-state index in [1.54, 1.807) is 17.5 Å². The summed E-state index contributed by atoms with van der Waals surface area (Å²) in [6.07, 6.45) is 8.58. The number of thiazole rings is 1. The van der Waals surface area contributed by atoms with Gasteiger partial charge >= 0.3 is 0 Å². The molecule has 0 unspecified atom stereocenters. The predicted octanol–water partition coefficient (Wildman–Crippen LogP) is 4.83. The van der Waals surface area contributed by atoms with Gasteiger partial charge in [-0.15, -0.1) is 0 Å². The number of pyridine rings is 1. The first kappa shape index (κ1) is 22.3. The van der Waals surface area contributed by atoms with Gasteiger partial charge in [0.2, 0.25) is 0 Å². The van der Waals surface area contributed by atoms with E-state index in [1.807, 2.05) is 37.3 Å². The molecule has 1 aliphatic heterocycles. The number of carbonyl (C=O) groups is 1. The highest BCUT2D eigenvalue weighted by Gasteiger charge is 2.25. The number of benzene rings is 1. The van der Waals surface area contributed by atoms with Crippen LogP contribution in [0.1, 0.15) is 60.0 Å². The van der Waals surface area contributed by atoms with Gasteiger partial charge in [0, 0.05) is 41.2 Å². The Balaban J connectivity index is 1.08. The third-order valence-corrected chi connectivity index (χ3v) is 8.05. The number of hydrogen-bond acceptors (Lipinski definition) is 6. The molecule has 2 aromatic heterocycles. The second-order valence-electron chi connectivity index (χ2n) is 9.16. The minimum absolute atomic E-state index is 0.0239. The molecule has 6 nitrogen and oxygen atoms in total. The van der Waals surface area contributed by atoms with E-state index in [-0.39, 0.29) is 11.9 Å². The Morgan fingerprint density at radius 1 is 1.21 bits per heavy atom. The lowest BCUT2D eigenvalue weighted by atomic mass is 9.84. The van der Waals surface area contributed by atoms with E-state index in [2.05, 4.69) is 20.2 Å². The fourth-order valence-corrected chi connectivity index (χ4v) is 6.09. The lowest BCUT2D eigenvalue weighted by Crippen LogP contribution is -2.38. The third kappa shape index (κ3) is 5.20. The van der Waals surface area contributed by atoms with Crippen LogP contribution in [-0.4, -0.2) is 46.5 Å². The molecule has 0 radical (unpaired) electrons.